The summed E-state index contributed by atoms with van der Waals surface area (Å²) >= 11 is 6.27. The zero-order chi connectivity index (χ0) is 12.7. The number of rotatable bonds is 1. The van der Waals surface area contributed by atoms with Gasteiger partial charge in [-0.1, -0.05) is 29.8 Å². The van der Waals surface area contributed by atoms with Crippen LogP contribution in [0.3, 0.4) is 0 Å². The first-order chi connectivity index (χ1) is 8.66. The lowest BCUT2D eigenvalue weighted by Crippen LogP contribution is -1.87. The summed E-state index contributed by atoms with van der Waals surface area (Å²) < 4.78 is 0. The fourth-order valence-electron chi connectivity index (χ4n) is 2.23. The number of hydrogen-bond donors (Lipinski definition) is 1. The van der Waals surface area contributed by atoms with E-state index in [4.69, 9.17) is 11.6 Å². The smallest absolute Gasteiger partial charge is 0.0836 e. The molecule has 18 heavy (non-hydrogen) atoms. The maximum Gasteiger partial charge on any atom is 0.0836 e. The Morgan fingerprint density at radius 2 is 2.00 bits per heavy atom. The molecule has 1 N–H and O–H groups in total. The van der Waals surface area contributed by atoms with Gasteiger partial charge >= 0.3 is 0 Å². The maximum absolute atomic E-state index is 6.27. The van der Waals surface area contributed by atoms with E-state index in [1.807, 2.05) is 6.07 Å². The first kappa shape index (κ1) is 11.3. The quantitative estimate of drug-likeness (QED) is 0.682. The predicted molar refractivity (Wildman–Crippen MR) is 76.0 cm³/mol. The van der Waals surface area contributed by atoms with E-state index in [2.05, 4.69) is 48.3 Å². The molecule has 0 bridgehead atoms. The van der Waals surface area contributed by atoms with Gasteiger partial charge < -0.3 is 0 Å². The third kappa shape index (κ3) is 1.70. The first-order valence-corrected chi connectivity index (χ1v) is 6.24. The number of aromatic nitrogens is 2. The van der Waals surface area contributed by atoms with E-state index < -0.39 is 0 Å². The molecule has 0 aliphatic carbocycles. The molecule has 0 atom stereocenters. The van der Waals surface area contributed by atoms with Crippen LogP contribution in [0.1, 0.15) is 11.1 Å². The van der Waals surface area contributed by atoms with E-state index >= 15 is 0 Å². The molecular weight excluding hydrogens is 244 g/mol. The van der Waals surface area contributed by atoms with E-state index in [1.165, 1.54) is 16.7 Å². The van der Waals surface area contributed by atoms with Gasteiger partial charge in [-0.2, -0.15) is 5.10 Å². The van der Waals surface area contributed by atoms with Crippen molar-refractivity contribution in [3.05, 3.63) is 52.7 Å². The summed E-state index contributed by atoms with van der Waals surface area (Å²) in [5.41, 5.74) is 5.83. The summed E-state index contributed by atoms with van der Waals surface area (Å²) in [4.78, 5) is 0. The SMILES string of the molecule is Cc1cccc(-c2cc(Cl)c3[nH]ncc3c2)c1C. The number of aryl methyl sites for hydroxylation is 1. The van der Waals surface area contributed by atoms with Gasteiger partial charge in [-0.05, 0) is 48.2 Å². The molecule has 0 aliphatic heterocycles. The number of benzene rings is 2. The summed E-state index contributed by atoms with van der Waals surface area (Å²) in [7, 11) is 0. The second-order valence-electron chi connectivity index (χ2n) is 4.54. The highest BCUT2D eigenvalue weighted by Crippen LogP contribution is 2.31. The monoisotopic (exact) mass is 256 g/mol. The van der Waals surface area contributed by atoms with E-state index in [9.17, 15) is 0 Å². The van der Waals surface area contributed by atoms with Crippen LogP contribution in [0, 0.1) is 13.8 Å². The Labute approximate surface area is 111 Å². The van der Waals surface area contributed by atoms with Crippen molar-refractivity contribution in [1.29, 1.82) is 0 Å². The van der Waals surface area contributed by atoms with Crippen LogP contribution in [0.4, 0.5) is 0 Å². The zero-order valence-corrected chi connectivity index (χ0v) is 11.0. The second-order valence-corrected chi connectivity index (χ2v) is 4.95. The van der Waals surface area contributed by atoms with E-state index in [-0.39, 0.29) is 0 Å². The fraction of sp³-hybridized carbons (Fsp3) is 0.133. The Hall–Kier alpha value is -1.80. The van der Waals surface area contributed by atoms with Crippen molar-refractivity contribution in [1.82, 2.24) is 10.2 Å². The minimum Gasteiger partial charge on any atom is -0.276 e. The molecule has 0 unspecified atom stereocenters. The van der Waals surface area contributed by atoms with Gasteiger partial charge in [0.25, 0.3) is 0 Å². The summed E-state index contributed by atoms with van der Waals surface area (Å²) in [6, 6.07) is 10.4. The van der Waals surface area contributed by atoms with Crippen LogP contribution in [-0.4, -0.2) is 10.2 Å². The molecule has 0 aliphatic rings. The lowest BCUT2D eigenvalue weighted by atomic mass is 9.96. The molecule has 3 aromatic rings. The highest BCUT2D eigenvalue weighted by molar-refractivity contribution is 6.35. The van der Waals surface area contributed by atoms with Crippen molar-refractivity contribution in [2.24, 2.45) is 0 Å². The lowest BCUT2D eigenvalue weighted by molar-refractivity contribution is 1.12. The van der Waals surface area contributed by atoms with Gasteiger partial charge in [0.1, 0.15) is 0 Å². The molecule has 1 heterocycles. The minimum atomic E-state index is 0.709. The molecule has 0 amide bonds. The minimum absolute atomic E-state index is 0.709. The topological polar surface area (TPSA) is 28.7 Å². The fourth-order valence-corrected chi connectivity index (χ4v) is 2.50. The van der Waals surface area contributed by atoms with Crippen molar-refractivity contribution in [3.63, 3.8) is 0 Å². The Morgan fingerprint density at radius 1 is 1.17 bits per heavy atom. The molecular formula is C15H13ClN2. The van der Waals surface area contributed by atoms with Crippen LogP contribution in [0.15, 0.2) is 36.5 Å². The van der Waals surface area contributed by atoms with E-state index in [0.29, 0.717) is 5.02 Å². The van der Waals surface area contributed by atoms with Gasteiger partial charge in [-0.25, -0.2) is 0 Å². The number of hydrogen-bond acceptors (Lipinski definition) is 1. The molecule has 0 fully saturated rings. The summed E-state index contributed by atoms with van der Waals surface area (Å²) in [5.74, 6) is 0. The zero-order valence-electron chi connectivity index (χ0n) is 10.3. The van der Waals surface area contributed by atoms with Crippen LogP contribution >= 0.6 is 11.6 Å². The van der Waals surface area contributed by atoms with Crippen LogP contribution in [0.25, 0.3) is 22.0 Å². The highest BCUT2D eigenvalue weighted by atomic mass is 35.5. The number of nitrogens with zero attached hydrogens (tertiary/aromatic N) is 1. The Bertz CT molecular complexity index is 728. The van der Waals surface area contributed by atoms with E-state index in [0.717, 1.165) is 16.5 Å². The largest absolute Gasteiger partial charge is 0.276 e. The van der Waals surface area contributed by atoms with Crippen LogP contribution < -0.4 is 0 Å². The second kappa shape index (κ2) is 4.14. The standard InChI is InChI=1S/C15H13ClN2/c1-9-4-3-5-13(10(9)2)11-6-12-8-17-18-15(12)14(16)7-11/h3-8H,1-2H3,(H,17,18). The van der Waals surface area contributed by atoms with Gasteiger partial charge in [0, 0.05) is 5.39 Å². The van der Waals surface area contributed by atoms with E-state index in [1.54, 1.807) is 6.20 Å². The molecule has 0 saturated heterocycles. The third-order valence-corrected chi connectivity index (χ3v) is 3.71. The molecule has 1 aromatic heterocycles. The van der Waals surface area contributed by atoms with Crippen LogP contribution in [0.2, 0.25) is 5.02 Å². The van der Waals surface area contributed by atoms with Gasteiger partial charge in [-0.15, -0.1) is 0 Å². The van der Waals surface area contributed by atoms with Gasteiger partial charge in [-0.3, -0.25) is 5.10 Å². The number of fused-ring (bicyclic) bond motifs is 1. The van der Waals surface area contributed by atoms with Crippen molar-refractivity contribution >= 4 is 22.5 Å². The van der Waals surface area contributed by atoms with Crippen LogP contribution in [0.5, 0.6) is 0 Å². The normalized spacial score (nSPS) is 11.1. The molecule has 3 heteroatoms. The Morgan fingerprint density at radius 3 is 2.83 bits per heavy atom. The maximum atomic E-state index is 6.27. The van der Waals surface area contributed by atoms with Gasteiger partial charge in [0.15, 0.2) is 0 Å². The van der Waals surface area contributed by atoms with Crippen molar-refractivity contribution in [2.45, 2.75) is 13.8 Å². The first-order valence-electron chi connectivity index (χ1n) is 5.86. The number of halogens is 1. The molecule has 2 nitrogen and oxygen atoms in total. The highest BCUT2D eigenvalue weighted by Gasteiger charge is 2.08. The van der Waals surface area contributed by atoms with Crippen LogP contribution in [-0.2, 0) is 0 Å². The molecule has 2 aromatic carbocycles. The summed E-state index contributed by atoms with van der Waals surface area (Å²) in [6.45, 7) is 4.26. The number of nitrogens with one attached hydrogen (secondary N) is 1. The Kier molecular flexibility index (Phi) is 2.60. The molecule has 0 saturated carbocycles. The number of H-pyrrole nitrogens is 1. The lowest BCUT2D eigenvalue weighted by Gasteiger charge is -2.09. The molecule has 0 radical (unpaired) electrons. The molecule has 90 valence electrons. The number of aromatic amines is 1. The van der Waals surface area contributed by atoms with Gasteiger partial charge in [0.05, 0.1) is 16.7 Å². The van der Waals surface area contributed by atoms with Crippen molar-refractivity contribution in [3.8, 4) is 11.1 Å². The Balaban J connectivity index is 2.28. The average Bonchev–Trinajstić information content (AvgIpc) is 2.81. The molecule has 3 rings (SSSR count). The predicted octanol–water partition coefficient (Wildman–Crippen LogP) is 4.50. The summed E-state index contributed by atoms with van der Waals surface area (Å²) in [6.07, 6.45) is 1.80. The third-order valence-electron chi connectivity index (χ3n) is 3.42. The average molecular weight is 257 g/mol. The van der Waals surface area contributed by atoms with Crippen molar-refractivity contribution in [2.75, 3.05) is 0 Å². The van der Waals surface area contributed by atoms with Crippen molar-refractivity contribution < 1.29 is 0 Å². The van der Waals surface area contributed by atoms with Gasteiger partial charge in [0.2, 0.25) is 0 Å². The summed E-state index contributed by atoms with van der Waals surface area (Å²) in [5, 5.41) is 8.69. The molecule has 0 spiro atoms.